The van der Waals surface area contributed by atoms with Gasteiger partial charge in [-0.1, -0.05) is 13.8 Å². The van der Waals surface area contributed by atoms with Crippen LogP contribution in [0.25, 0.3) is 11.0 Å². The molecule has 2 atom stereocenters. The molecule has 1 heterocycles. The number of carbonyl (C=O) groups is 1. The summed E-state index contributed by atoms with van der Waals surface area (Å²) in [7, 11) is 0. The van der Waals surface area contributed by atoms with Crippen molar-refractivity contribution < 1.29 is 14.1 Å². The number of halogens is 1. The fourth-order valence-corrected chi connectivity index (χ4v) is 2.33. The maximum atomic E-state index is 11.5. The molecule has 0 fully saturated rings. The Morgan fingerprint density at radius 3 is 2.48 bits per heavy atom. The molecule has 0 aliphatic heterocycles. The van der Waals surface area contributed by atoms with Gasteiger partial charge in [-0.05, 0) is 25.0 Å². The average molecular weight is 342 g/mol. The average Bonchev–Trinajstić information content (AvgIpc) is 2.86. The van der Waals surface area contributed by atoms with E-state index in [4.69, 9.17) is 10.2 Å². The molecule has 0 aliphatic carbocycles. The summed E-state index contributed by atoms with van der Waals surface area (Å²) in [4.78, 5) is 21.8. The minimum absolute atomic E-state index is 0. The van der Waals surface area contributed by atoms with E-state index >= 15 is 0 Å². The van der Waals surface area contributed by atoms with E-state index in [1.807, 2.05) is 20.8 Å². The Morgan fingerprint density at radius 2 is 1.96 bits per heavy atom. The van der Waals surface area contributed by atoms with Crippen molar-refractivity contribution in [3.05, 3.63) is 40.1 Å². The van der Waals surface area contributed by atoms with Crippen molar-refractivity contribution in [1.82, 2.24) is 5.32 Å². The molecular formula is C15H20ClN3O4. The van der Waals surface area contributed by atoms with Crippen LogP contribution in [0, 0.1) is 16.0 Å². The van der Waals surface area contributed by atoms with Crippen molar-refractivity contribution in [1.29, 1.82) is 0 Å². The Labute approximate surface area is 139 Å². The van der Waals surface area contributed by atoms with Crippen molar-refractivity contribution in [3.63, 3.8) is 0 Å². The van der Waals surface area contributed by atoms with Gasteiger partial charge in [0.15, 0.2) is 0 Å². The SMILES string of the molecule is CC(N[C@H](C(N)=O)C(C)C)c1cc2cc([N+](=O)[O-])ccc2o1.Cl. The van der Waals surface area contributed by atoms with Gasteiger partial charge in [0.1, 0.15) is 11.3 Å². The van der Waals surface area contributed by atoms with Gasteiger partial charge in [0.05, 0.1) is 17.0 Å². The number of nitrogens with two attached hydrogens (primary N) is 1. The molecule has 2 aromatic rings. The van der Waals surface area contributed by atoms with Gasteiger partial charge >= 0.3 is 0 Å². The predicted molar refractivity (Wildman–Crippen MR) is 89.5 cm³/mol. The van der Waals surface area contributed by atoms with Gasteiger partial charge in [0.2, 0.25) is 5.91 Å². The third kappa shape index (κ3) is 4.20. The first-order chi connectivity index (χ1) is 10.3. The van der Waals surface area contributed by atoms with Crippen LogP contribution in [0.2, 0.25) is 0 Å². The zero-order valence-electron chi connectivity index (χ0n) is 13.1. The molecule has 1 aromatic heterocycles. The lowest BCUT2D eigenvalue weighted by Crippen LogP contribution is -2.45. The van der Waals surface area contributed by atoms with E-state index in [0.717, 1.165) is 0 Å². The lowest BCUT2D eigenvalue weighted by Gasteiger charge is -2.22. The van der Waals surface area contributed by atoms with Crippen molar-refractivity contribution in [2.24, 2.45) is 11.7 Å². The highest BCUT2D eigenvalue weighted by Crippen LogP contribution is 2.27. The van der Waals surface area contributed by atoms with Crippen LogP contribution in [0.4, 0.5) is 5.69 Å². The fourth-order valence-electron chi connectivity index (χ4n) is 2.33. The lowest BCUT2D eigenvalue weighted by molar-refractivity contribution is -0.384. The van der Waals surface area contributed by atoms with Crippen molar-refractivity contribution in [2.75, 3.05) is 0 Å². The Bertz CT molecular complexity index is 714. The summed E-state index contributed by atoms with van der Waals surface area (Å²) in [6.07, 6.45) is 0. The van der Waals surface area contributed by atoms with E-state index in [9.17, 15) is 14.9 Å². The first-order valence-corrected chi connectivity index (χ1v) is 7.03. The molecule has 7 nitrogen and oxygen atoms in total. The smallest absolute Gasteiger partial charge is 0.270 e. The van der Waals surface area contributed by atoms with E-state index < -0.39 is 16.9 Å². The number of primary amides is 1. The van der Waals surface area contributed by atoms with Gasteiger partial charge in [-0.25, -0.2) is 0 Å². The van der Waals surface area contributed by atoms with Crippen LogP contribution in [0.3, 0.4) is 0 Å². The highest BCUT2D eigenvalue weighted by Gasteiger charge is 2.23. The maximum absolute atomic E-state index is 11.5. The van der Waals surface area contributed by atoms with E-state index in [1.165, 1.54) is 12.1 Å². The zero-order chi connectivity index (χ0) is 16.4. The summed E-state index contributed by atoms with van der Waals surface area (Å²) in [5.74, 6) is 0.224. The molecule has 0 saturated carbocycles. The molecule has 2 rings (SSSR count). The molecule has 1 aromatic carbocycles. The summed E-state index contributed by atoms with van der Waals surface area (Å²) >= 11 is 0. The largest absolute Gasteiger partial charge is 0.459 e. The number of amides is 1. The van der Waals surface area contributed by atoms with Crippen LogP contribution in [0.15, 0.2) is 28.7 Å². The van der Waals surface area contributed by atoms with Gasteiger partial charge in [-0.2, -0.15) is 0 Å². The van der Waals surface area contributed by atoms with Crippen LogP contribution in [0.1, 0.15) is 32.6 Å². The number of non-ortho nitro benzene ring substituents is 1. The predicted octanol–water partition coefficient (Wildman–Crippen LogP) is 2.92. The third-order valence-corrected chi connectivity index (χ3v) is 3.56. The number of nitrogens with one attached hydrogen (secondary N) is 1. The van der Waals surface area contributed by atoms with Crippen molar-refractivity contribution in [2.45, 2.75) is 32.9 Å². The number of nitrogens with zero attached hydrogens (tertiary/aromatic N) is 1. The van der Waals surface area contributed by atoms with Crippen LogP contribution in [-0.2, 0) is 4.79 Å². The second-order valence-electron chi connectivity index (χ2n) is 5.64. The number of benzene rings is 1. The molecule has 126 valence electrons. The molecule has 0 bridgehead atoms. The molecule has 0 saturated heterocycles. The highest BCUT2D eigenvalue weighted by atomic mass is 35.5. The minimum atomic E-state index is -0.474. The first-order valence-electron chi connectivity index (χ1n) is 7.03. The quantitative estimate of drug-likeness (QED) is 0.619. The summed E-state index contributed by atoms with van der Waals surface area (Å²) in [5.41, 5.74) is 5.96. The van der Waals surface area contributed by atoms with Gasteiger partial charge in [0, 0.05) is 17.5 Å². The number of hydrogen-bond donors (Lipinski definition) is 2. The first kappa shape index (κ1) is 18.9. The molecule has 1 unspecified atom stereocenters. The Morgan fingerprint density at radius 1 is 1.30 bits per heavy atom. The second-order valence-corrected chi connectivity index (χ2v) is 5.64. The lowest BCUT2D eigenvalue weighted by atomic mass is 10.0. The monoisotopic (exact) mass is 341 g/mol. The second kappa shape index (κ2) is 7.43. The highest BCUT2D eigenvalue weighted by molar-refractivity contribution is 5.85. The fraction of sp³-hybridized carbons (Fsp3) is 0.400. The summed E-state index contributed by atoms with van der Waals surface area (Å²) < 4.78 is 5.69. The summed E-state index contributed by atoms with van der Waals surface area (Å²) in [5, 5.41) is 14.6. The number of hydrogen-bond acceptors (Lipinski definition) is 5. The van der Waals surface area contributed by atoms with E-state index in [0.29, 0.717) is 16.7 Å². The molecule has 23 heavy (non-hydrogen) atoms. The Hall–Kier alpha value is -2.12. The van der Waals surface area contributed by atoms with E-state index in [1.54, 1.807) is 12.1 Å². The standard InChI is InChI=1S/C15H19N3O4.ClH/c1-8(2)14(15(16)19)17-9(3)13-7-10-6-11(18(20)21)4-5-12(10)22-13;/h4-9,14,17H,1-3H3,(H2,16,19);1H/t9?,14-;/m0./s1. The van der Waals surface area contributed by atoms with Crippen LogP contribution < -0.4 is 11.1 Å². The maximum Gasteiger partial charge on any atom is 0.270 e. The molecule has 0 radical (unpaired) electrons. The minimum Gasteiger partial charge on any atom is -0.459 e. The number of nitro benzene ring substituents is 1. The Kier molecular flexibility index (Phi) is 6.12. The summed E-state index contributed by atoms with van der Waals surface area (Å²) in [6, 6.07) is 5.44. The van der Waals surface area contributed by atoms with Gasteiger partial charge in [-0.3, -0.25) is 20.2 Å². The number of carbonyl (C=O) groups excluding carboxylic acids is 1. The van der Waals surface area contributed by atoms with Crippen molar-refractivity contribution in [3.8, 4) is 0 Å². The van der Waals surface area contributed by atoms with Gasteiger partial charge < -0.3 is 10.2 Å². The molecule has 0 spiro atoms. The summed E-state index contributed by atoms with van der Waals surface area (Å²) in [6.45, 7) is 5.65. The molecule has 3 N–H and O–H groups in total. The van der Waals surface area contributed by atoms with Crippen LogP contribution >= 0.6 is 12.4 Å². The number of rotatable bonds is 6. The molecule has 0 aliphatic rings. The third-order valence-electron chi connectivity index (χ3n) is 3.56. The van der Waals surface area contributed by atoms with Gasteiger partial charge in [-0.15, -0.1) is 12.4 Å². The number of nitro groups is 1. The van der Waals surface area contributed by atoms with E-state index in [2.05, 4.69) is 5.32 Å². The van der Waals surface area contributed by atoms with Crippen LogP contribution in [0.5, 0.6) is 0 Å². The molecule has 1 amide bonds. The van der Waals surface area contributed by atoms with Gasteiger partial charge in [0.25, 0.3) is 5.69 Å². The number of fused-ring (bicyclic) bond motifs is 1. The molecular weight excluding hydrogens is 322 g/mol. The van der Waals surface area contributed by atoms with Crippen LogP contribution in [-0.4, -0.2) is 16.9 Å². The topological polar surface area (TPSA) is 111 Å². The Balaban J connectivity index is 0.00000264. The van der Waals surface area contributed by atoms with Crippen molar-refractivity contribution >= 4 is 35.0 Å². The zero-order valence-corrected chi connectivity index (χ0v) is 13.9. The van der Waals surface area contributed by atoms with E-state index in [-0.39, 0.29) is 30.1 Å². The number of furan rings is 1. The molecule has 8 heteroatoms. The normalized spacial score (nSPS) is 13.6.